The topological polar surface area (TPSA) is 35.5 Å². The molecule has 16 heavy (non-hydrogen) atoms. The van der Waals surface area contributed by atoms with Gasteiger partial charge < -0.3 is 9.47 Å². The minimum atomic E-state index is -0.484. The van der Waals surface area contributed by atoms with E-state index in [0.717, 1.165) is 11.1 Å². The third-order valence-electron chi connectivity index (χ3n) is 2.15. The maximum Gasteiger partial charge on any atom is 0.324 e. The van der Waals surface area contributed by atoms with Crippen LogP contribution in [0.15, 0.2) is 18.2 Å². The van der Waals surface area contributed by atoms with Gasteiger partial charge in [-0.1, -0.05) is 33.6 Å². The molecule has 0 N–H and O–H groups in total. The lowest BCUT2D eigenvalue weighted by Crippen LogP contribution is -2.11. The van der Waals surface area contributed by atoms with Crippen LogP contribution in [0.2, 0.25) is 0 Å². The normalized spacial score (nSPS) is 12.0. The zero-order chi connectivity index (χ0) is 12.1. The second kappa shape index (κ2) is 5.89. The summed E-state index contributed by atoms with van der Waals surface area (Å²) in [5, 5.41) is 0. The summed E-state index contributed by atoms with van der Waals surface area (Å²) in [6.45, 7) is 4.12. The standard InChI is InChI=1S/C12H15BrO3/c1-4-16-12(14)11(13)9-7-8(2)5-6-10(9)15-3/h5-7,11H,4H2,1-3H3. The van der Waals surface area contributed by atoms with Crippen molar-refractivity contribution in [2.75, 3.05) is 13.7 Å². The van der Waals surface area contributed by atoms with Crippen molar-refractivity contribution in [3.05, 3.63) is 29.3 Å². The average molecular weight is 287 g/mol. The number of ether oxygens (including phenoxy) is 2. The molecule has 0 spiro atoms. The first-order valence-corrected chi connectivity index (χ1v) is 5.97. The zero-order valence-electron chi connectivity index (χ0n) is 9.62. The van der Waals surface area contributed by atoms with Gasteiger partial charge in [0.25, 0.3) is 0 Å². The first-order valence-electron chi connectivity index (χ1n) is 5.05. The molecule has 0 saturated heterocycles. The lowest BCUT2D eigenvalue weighted by molar-refractivity contribution is -0.142. The minimum Gasteiger partial charge on any atom is -0.496 e. The number of carbonyl (C=O) groups excluding carboxylic acids is 1. The molecule has 0 aliphatic carbocycles. The van der Waals surface area contributed by atoms with Gasteiger partial charge in [0.2, 0.25) is 0 Å². The molecule has 0 aliphatic rings. The molecule has 0 aromatic heterocycles. The molecule has 0 heterocycles. The fourth-order valence-electron chi connectivity index (χ4n) is 1.39. The van der Waals surface area contributed by atoms with Gasteiger partial charge in [0.1, 0.15) is 10.6 Å². The van der Waals surface area contributed by atoms with Crippen LogP contribution in [0.3, 0.4) is 0 Å². The second-order valence-corrected chi connectivity index (χ2v) is 4.28. The van der Waals surface area contributed by atoms with E-state index >= 15 is 0 Å². The Morgan fingerprint density at radius 3 is 2.75 bits per heavy atom. The largest absolute Gasteiger partial charge is 0.496 e. The smallest absolute Gasteiger partial charge is 0.324 e. The number of alkyl halides is 1. The lowest BCUT2D eigenvalue weighted by atomic mass is 10.1. The summed E-state index contributed by atoms with van der Waals surface area (Å²) < 4.78 is 10.2. The molecule has 0 radical (unpaired) electrons. The van der Waals surface area contributed by atoms with Gasteiger partial charge in [-0.2, -0.15) is 0 Å². The van der Waals surface area contributed by atoms with E-state index in [9.17, 15) is 4.79 Å². The van der Waals surface area contributed by atoms with Crippen molar-refractivity contribution >= 4 is 21.9 Å². The molecule has 1 rings (SSSR count). The lowest BCUT2D eigenvalue weighted by Gasteiger charge is -2.13. The van der Waals surface area contributed by atoms with Gasteiger partial charge in [0.15, 0.2) is 0 Å². The number of carbonyl (C=O) groups is 1. The van der Waals surface area contributed by atoms with Crippen molar-refractivity contribution in [1.29, 1.82) is 0 Å². The summed E-state index contributed by atoms with van der Waals surface area (Å²) in [6.07, 6.45) is 0. The van der Waals surface area contributed by atoms with Gasteiger partial charge in [-0.15, -0.1) is 0 Å². The highest BCUT2D eigenvalue weighted by molar-refractivity contribution is 9.09. The number of aryl methyl sites for hydroxylation is 1. The Morgan fingerprint density at radius 1 is 1.50 bits per heavy atom. The van der Waals surface area contributed by atoms with Gasteiger partial charge in [-0.3, -0.25) is 4.79 Å². The molecule has 0 aliphatic heterocycles. The Morgan fingerprint density at radius 2 is 2.19 bits per heavy atom. The summed E-state index contributed by atoms with van der Waals surface area (Å²) in [5.74, 6) is 0.381. The third-order valence-corrected chi connectivity index (χ3v) is 3.02. The Balaban J connectivity index is 3.01. The molecule has 0 amide bonds. The summed E-state index contributed by atoms with van der Waals surface area (Å²) in [7, 11) is 1.58. The van der Waals surface area contributed by atoms with E-state index in [0.29, 0.717) is 12.4 Å². The zero-order valence-corrected chi connectivity index (χ0v) is 11.2. The van der Waals surface area contributed by atoms with Crippen LogP contribution in [-0.4, -0.2) is 19.7 Å². The Hall–Kier alpha value is -1.03. The Labute approximate surface area is 104 Å². The average Bonchev–Trinajstić information content (AvgIpc) is 2.28. The fraction of sp³-hybridized carbons (Fsp3) is 0.417. The van der Waals surface area contributed by atoms with Gasteiger partial charge in [-0.25, -0.2) is 0 Å². The maximum absolute atomic E-state index is 11.6. The van der Waals surface area contributed by atoms with Crippen LogP contribution < -0.4 is 4.74 Å². The van der Waals surface area contributed by atoms with Gasteiger partial charge in [0, 0.05) is 5.56 Å². The van der Waals surface area contributed by atoms with Crippen molar-refractivity contribution in [2.24, 2.45) is 0 Å². The van der Waals surface area contributed by atoms with Crippen LogP contribution in [-0.2, 0) is 9.53 Å². The molecule has 1 atom stereocenters. The van der Waals surface area contributed by atoms with Crippen molar-refractivity contribution in [3.63, 3.8) is 0 Å². The molecule has 1 aromatic rings. The molecule has 3 nitrogen and oxygen atoms in total. The number of esters is 1. The van der Waals surface area contributed by atoms with E-state index < -0.39 is 4.83 Å². The predicted molar refractivity (Wildman–Crippen MR) is 66.0 cm³/mol. The van der Waals surface area contributed by atoms with E-state index in [-0.39, 0.29) is 5.97 Å². The van der Waals surface area contributed by atoms with Gasteiger partial charge in [0.05, 0.1) is 13.7 Å². The molecule has 0 bridgehead atoms. The quantitative estimate of drug-likeness (QED) is 0.631. The van der Waals surface area contributed by atoms with Gasteiger partial charge >= 0.3 is 5.97 Å². The van der Waals surface area contributed by atoms with Crippen molar-refractivity contribution < 1.29 is 14.3 Å². The third kappa shape index (κ3) is 2.98. The molecule has 0 fully saturated rings. The molecule has 4 heteroatoms. The maximum atomic E-state index is 11.6. The number of rotatable bonds is 4. The SMILES string of the molecule is CCOC(=O)C(Br)c1cc(C)ccc1OC. The van der Waals surface area contributed by atoms with Crippen molar-refractivity contribution in [2.45, 2.75) is 18.7 Å². The summed E-state index contributed by atoms with van der Waals surface area (Å²) >= 11 is 3.32. The van der Waals surface area contributed by atoms with E-state index in [4.69, 9.17) is 9.47 Å². The predicted octanol–water partition coefficient (Wildman–Crippen LogP) is 3.00. The fourth-order valence-corrected chi connectivity index (χ4v) is 1.88. The highest BCUT2D eigenvalue weighted by Gasteiger charge is 2.22. The molecule has 0 saturated carbocycles. The molecular formula is C12H15BrO3. The van der Waals surface area contributed by atoms with E-state index in [1.807, 2.05) is 25.1 Å². The Kier molecular flexibility index (Phi) is 4.80. The van der Waals surface area contributed by atoms with Crippen molar-refractivity contribution in [3.8, 4) is 5.75 Å². The highest BCUT2D eigenvalue weighted by atomic mass is 79.9. The summed E-state index contributed by atoms with van der Waals surface area (Å²) in [4.78, 5) is 11.1. The van der Waals surface area contributed by atoms with E-state index in [1.54, 1.807) is 14.0 Å². The van der Waals surface area contributed by atoms with E-state index in [2.05, 4.69) is 15.9 Å². The van der Waals surface area contributed by atoms with Crippen LogP contribution in [0.5, 0.6) is 5.75 Å². The van der Waals surface area contributed by atoms with Crippen LogP contribution in [0.4, 0.5) is 0 Å². The molecule has 1 aromatic carbocycles. The van der Waals surface area contributed by atoms with Crippen LogP contribution in [0.25, 0.3) is 0 Å². The minimum absolute atomic E-state index is 0.300. The second-order valence-electron chi connectivity index (χ2n) is 3.36. The summed E-state index contributed by atoms with van der Waals surface area (Å²) in [6, 6.07) is 5.69. The van der Waals surface area contributed by atoms with E-state index in [1.165, 1.54) is 0 Å². The van der Waals surface area contributed by atoms with Crippen LogP contribution in [0.1, 0.15) is 22.9 Å². The first kappa shape index (κ1) is 13.0. The highest BCUT2D eigenvalue weighted by Crippen LogP contribution is 2.32. The summed E-state index contributed by atoms with van der Waals surface area (Å²) in [5.41, 5.74) is 1.87. The monoisotopic (exact) mass is 286 g/mol. The number of hydrogen-bond acceptors (Lipinski definition) is 3. The van der Waals surface area contributed by atoms with Crippen LogP contribution in [0, 0.1) is 6.92 Å². The van der Waals surface area contributed by atoms with Crippen molar-refractivity contribution in [1.82, 2.24) is 0 Å². The van der Waals surface area contributed by atoms with Gasteiger partial charge in [-0.05, 0) is 19.9 Å². The number of halogens is 1. The Bertz CT molecular complexity index is 377. The van der Waals surface area contributed by atoms with Crippen LogP contribution >= 0.6 is 15.9 Å². The molecular weight excluding hydrogens is 272 g/mol. The number of benzene rings is 1. The first-order chi connectivity index (χ1) is 7.60. The number of methoxy groups -OCH3 is 1. The molecule has 1 unspecified atom stereocenters. The number of hydrogen-bond donors (Lipinski definition) is 0. The molecule has 88 valence electrons.